The molecule has 0 saturated heterocycles. The molecular weight excluding hydrogens is 198 g/mol. The molecule has 1 atom stereocenters. The van der Waals surface area contributed by atoms with Crippen LogP contribution >= 0.6 is 0 Å². The average Bonchev–Trinajstić information content (AvgIpc) is 2.27. The van der Waals surface area contributed by atoms with Crippen LogP contribution in [0.5, 0.6) is 0 Å². The molecule has 0 amide bonds. The van der Waals surface area contributed by atoms with Crippen molar-refractivity contribution in [2.45, 2.75) is 71.9 Å². The molecule has 1 fully saturated rings. The van der Waals surface area contributed by atoms with Gasteiger partial charge in [-0.05, 0) is 18.8 Å². The van der Waals surface area contributed by atoms with Gasteiger partial charge in [0.1, 0.15) is 0 Å². The fourth-order valence-corrected chi connectivity index (χ4v) is 2.72. The van der Waals surface area contributed by atoms with E-state index in [1.165, 1.54) is 32.1 Å². The van der Waals surface area contributed by atoms with Crippen LogP contribution in [0, 0.1) is 11.3 Å². The Labute approximate surface area is 101 Å². The predicted octanol–water partition coefficient (Wildman–Crippen LogP) is 2.95. The first-order valence-electron chi connectivity index (χ1n) is 6.85. The summed E-state index contributed by atoms with van der Waals surface area (Å²) in [7, 11) is 0. The van der Waals surface area contributed by atoms with Crippen molar-refractivity contribution in [2.24, 2.45) is 11.3 Å². The van der Waals surface area contributed by atoms with Crippen molar-refractivity contribution >= 4 is 0 Å². The highest BCUT2D eigenvalue weighted by Crippen LogP contribution is 2.26. The first-order chi connectivity index (χ1) is 7.43. The van der Waals surface area contributed by atoms with E-state index in [4.69, 9.17) is 0 Å². The van der Waals surface area contributed by atoms with E-state index >= 15 is 0 Å². The minimum Gasteiger partial charge on any atom is -0.392 e. The highest BCUT2D eigenvalue weighted by atomic mass is 16.3. The van der Waals surface area contributed by atoms with Crippen LogP contribution < -0.4 is 5.32 Å². The predicted molar refractivity (Wildman–Crippen MR) is 69.5 cm³/mol. The minimum absolute atomic E-state index is 0.0222. The summed E-state index contributed by atoms with van der Waals surface area (Å²) in [5.74, 6) is 0.336. The number of hydrogen-bond acceptors (Lipinski definition) is 2. The zero-order chi connectivity index (χ0) is 12.2. The molecule has 96 valence electrons. The monoisotopic (exact) mass is 227 g/mol. The smallest absolute Gasteiger partial charge is 0.0626 e. The molecule has 0 aromatic carbocycles. The molecule has 1 unspecified atom stereocenters. The maximum Gasteiger partial charge on any atom is 0.0626 e. The van der Waals surface area contributed by atoms with Crippen LogP contribution in [0.2, 0.25) is 0 Å². The molecule has 0 radical (unpaired) electrons. The molecule has 0 heterocycles. The van der Waals surface area contributed by atoms with Crippen LogP contribution in [-0.4, -0.2) is 23.8 Å². The van der Waals surface area contributed by atoms with Gasteiger partial charge in [0.2, 0.25) is 0 Å². The van der Waals surface area contributed by atoms with Gasteiger partial charge in [0, 0.05) is 18.0 Å². The van der Waals surface area contributed by atoms with Gasteiger partial charge in [-0.2, -0.15) is 0 Å². The second-order valence-corrected chi connectivity index (χ2v) is 6.39. The molecule has 2 heteroatoms. The molecule has 0 aromatic rings. The van der Waals surface area contributed by atoms with Crippen LogP contribution in [0.4, 0.5) is 0 Å². The molecule has 1 saturated carbocycles. The van der Waals surface area contributed by atoms with E-state index < -0.39 is 0 Å². The van der Waals surface area contributed by atoms with Gasteiger partial charge in [0.25, 0.3) is 0 Å². The third-order valence-corrected chi connectivity index (χ3v) is 3.88. The van der Waals surface area contributed by atoms with Crippen LogP contribution in [0.25, 0.3) is 0 Å². The first-order valence-corrected chi connectivity index (χ1v) is 6.85. The van der Waals surface area contributed by atoms with Gasteiger partial charge < -0.3 is 10.4 Å². The van der Waals surface area contributed by atoms with Gasteiger partial charge in [0.05, 0.1) is 6.10 Å². The van der Waals surface area contributed by atoms with Crippen molar-refractivity contribution in [2.75, 3.05) is 6.54 Å². The quantitative estimate of drug-likeness (QED) is 0.757. The zero-order valence-electron chi connectivity index (χ0n) is 11.4. The normalized spacial score (nSPS) is 21.4. The number of nitrogens with one attached hydrogen (secondary N) is 1. The third kappa shape index (κ3) is 4.06. The first kappa shape index (κ1) is 14.0. The Hall–Kier alpha value is -0.0800. The molecule has 1 aliphatic rings. The lowest BCUT2D eigenvalue weighted by atomic mass is 9.80. The Morgan fingerprint density at radius 3 is 2.25 bits per heavy atom. The van der Waals surface area contributed by atoms with Gasteiger partial charge >= 0.3 is 0 Å². The summed E-state index contributed by atoms with van der Waals surface area (Å²) in [5.41, 5.74) is -0.0222. The summed E-state index contributed by atoms with van der Waals surface area (Å²) >= 11 is 0. The summed E-state index contributed by atoms with van der Waals surface area (Å²) in [6, 6.07) is 0.687. The Kier molecular flexibility index (Phi) is 5.26. The van der Waals surface area contributed by atoms with Crippen molar-refractivity contribution in [1.29, 1.82) is 0 Å². The molecule has 0 aliphatic heterocycles. The Morgan fingerprint density at radius 1 is 1.19 bits per heavy atom. The largest absolute Gasteiger partial charge is 0.392 e. The molecule has 0 aromatic heterocycles. The summed E-state index contributed by atoms with van der Waals surface area (Å²) in [4.78, 5) is 0. The number of rotatable bonds is 5. The SMILES string of the molecule is CC(C)C(O)C(C)(C)CNC1CCCCC1. The van der Waals surface area contributed by atoms with E-state index in [-0.39, 0.29) is 11.5 Å². The van der Waals surface area contributed by atoms with Crippen molar-refractivity contribution in [3.63, 3.8) is 0 Å². The Morgan fingerprint density at radius 2 is 1.75 bits per heavy atom. The van der Waals surface area contributed by atoms with Crippen LogP contribution in [0.1, 0.15) is 59.8 Å². The zero-order valence-corrected chi connectivity index (χ0v) is 11.4. The second kappa shape index (κ2) is 6.02. The average molecular weight is 227 g/mol. The molecule has 2 nitrogen and oxygen atoms in total. The minimum atomic E-state index is -0.219. The van der Waals surface area contributed by atoms with Crippen molar-refractivity contribution in [1.82, 2.24) is 5.32 Å². The maximum absolute atomic E-state index is 10.1. The van der Waals surface area contributed by atoms with Crippen molar-refractivity contribution < 1.29 is 5.11 Å². The van der Waals surface area contributed by atoms with Gasteiger partial charge in [-0.3, -0.25) is 0 Å². The van der Waals surface area contributed by atoms with Crippen LogP contribution in [0.15, 0.2) is 0 Å². The Balaban J connectivity index is 2.34. The van der Waals surface area contributed by atoms with Gasteiger partial charge in [-0.1, -0.05) is 47.0 Å². The van der Waals surface area contributed by atoms with Crippen molar-refractivity contribution in [3.8, 4) is 0 Å². The molecule has 0 spiro atoms. The lowest BCUT2D eigenvalue weighted by molar-refractivity contribution is 0.0115. The summed E-state index contributed by atoms with van der Waals surface area (Å²) in [6.45, 7) is 9.43. The summed E-state index contributed by atoms with van der Waals surface area (Å²) in [5, 5.41) is 13.8. The lowest BCUT2D eigenvalue weighted by Crippen LogP contribution is -2.45. The number of hydrogen-bond donors (Lipinski definition) is 2. The molecule has 2 N–H and O–H groups in total. The van der Waals surface area contributed by atoms with E-state index in [1.54, 1.807) is 0 Å². The molecular formula is C14H29NO. The van der Waals surface area contributed by atoms with Crippen LogP contribution in [0.3, 0.4) is 0 Å². The summed E-state index contributed by atoms with van der Waals surface area (Å²) in [6.07, 6.45) is 6.54. The van der Waals surface area contributed by atoms with Gasteiger partial charge in [-0.15, -0.1) is 0 Å². The molecule has 1 rings (SSSR count). The van der Waals surface area contributed by atoms with Gasteiger partial charge in [-0.25, -0.2) is 0 Å². The molecule has 1 aliphatic carbocycles. The number of aliphatic hydroxyl groups is 1. The fraction of sp³-hybridized carbons (Fsp3) is 1.00. The fourth-order valence-electron chi connectivity index (χ4n) is 2.72. The van der Waals surface area contributed by atoms with Crippen LogP contribution in [-0.2, 0) is 0 Å². The second-order valence-electron chi connectivity index (χ2n) is 6.39. The Bertz CT molecular complexity index is 195. The standard InChI is InChI=1S/C14H29NO/c1-11(2)13(16)14(3,4)10-15-12-8-6-5-7-9-12/h11-13,15-16H,5-10H2,1-4H3. The van der Waals surface area contributed by atoms with E-state index in [9.17, 15) is 5.11 Å². The molecule has 16 heavy (non-hydrogen) atoms. The topological polar surface area (TPSA) is 32.3 Å². The number of aliphatic hydroxyl groups excluding tert-OH is 1. The van der Waals surface area contributed by atoms with E-state index in [1.807, 2.05) is 0 Å². The van der Waals surface area contributed by atoms with E-state index in [2.05, 4.69) is 33.0 Å². The highest BCUT2D eigenvalue weighted by Gasteiger charge is 2.30. The van der Waals surface area contributed by atoms with E-state index in [0.717, 1.165) is 6.54 Å². The summed E-state index contributed by atoms with van der Waals surface area (Å²) < 4.78 is 0. The maximum atomic E-state index is 10.1. The van der Waals surface area contributed by atoms with Crippen molar-refractivity contribution in [3.05, 3.63) is 0 Å². The van der Waals surface area contributed by atoms with Gasteiger partial charge in [0.15, 0.2) is 0 Å². The molecule has 0 bridgehead atoms. The highest BCUT2D eigenvalue weighted by molar-refractivity contribution is 4.84. The lowest BCUT2D eigenvalue weighted by Gasteiger charge is -2.35. The van der Waals surface area contributed by atoms with E-state index in [0.29, 0.717) is 12.0 Å². The third-order valence-electron chi connectivity index (χ3n) is 3.88.